The first-order valence-corrected chi connectivity index (χ1v) is 11.5. The van der Waals surface area contributed by atoms with E-state index in [2.05, 4.69) is 44.2 Å². The van der Waals surface area contributed by atoms with Crippen LogP contribution < -0.4 is 5.32 Å². The number of carbonyl (C=O) groups excluding carboxylic acids is 1. The van der Waals surface area contributed by atoms with Crippen LogP contribution in [0.2, 0.25) is 5.02 Å². The number of fused-ring (bicyclic) bond motifs is 2. The van der Waals surface area contributed by atoms with E-state index in [0.29, 0.717) is 23.3 Å². The second-order valence-electron chi connectivity index (χ2n) is 8.50. The lowest BCUT2D eigenvalue weighted by molar-refractivity contribution is 0.155. The molecule has 8 nitrogen and oxygen atoms in total. The van der Waals surface area contributed by atoms with Gasteiger partial charge in [0, 0.05) is 23.5 Å². The molecule has 0 saturated heterocycles. The Labute approximate surface area is 200 Å². The third kappa shape index (κ3) is 4.32. The number of aromatic nitrogens is 5. The van der Waals surface area contributed by atoms with E-state index in [1.54, 1.807) is 30.7 Å². The fourth-order valence-corrected chi connectivity index (χ4v) is 4.26. The lowest BCUT2D eigenvalue weighted by atomic mass is 10.2. The molecule has 4 heterocycles. The number of rotatable bonds is 6. The monoisotopic (exact) mass is 472 g/mol. The van der Waals surface area contributed by atoms with E-state index in [1.165, 1.54) is 18.4 Å². The van der Waals surface area contributed by atoms with Crippen molar-refractivity contribution < 1.29 is 9.53 Å². The van der Waals surface area contributed by atoms with Gasteiger partial charge in [-0.15, -0.1) is 0 Å². The van der Waals surface area contributed by atoms with Crippen molar-refractivity contribution in [2.24, 2.45) is 0 Å². The van der Waals surface area contributed by atoms with Gasteiger partial charge in [-0.05, 0) is 48.1 Å². The van der Waals surface area contributed by atoms with Crippen molar-refractivity contribution in [2.75, 3.05) is 5.32 Å². The molecule has 1 aromatic carbocycles. The minimum absolute atomic E-state index is 0.114. The fraction of sp³-hybridized carbons (Fsp3) is 0.200. The molecule has 1 aliphatic carbocycles. The van der Waals surface area contributed by atoms with Gasteiger partial charge in [0.05, 0.1) is 30.3 Å². The number of benzene rings is 1. The number of nitrogens with one attached hydrogen (secondary N) is 1. The number of carbonyl (C=O) groups is 1. The normalized spacial score (nSPS) is 13.4. The predicted octanol–water partition coefficient (Wildman–Crippen LogP) is 5.41. The lowest BCUT2D eigenvalue weighted by Gasteiger charge is -2.07. The summed E-state index contributed by atoms with van der Waals surface area (Å²) in [6.07, 6.45) is 9.57. The molecule has 1 aliphatic rings. The Balaban J connectivity index is 1.17. The van der Waals surface area contributed by atoms with Crippen LogP contribution >= 0.6 is 11.6 Å². The largest absolute Gasteiger partial charge is 0.444 e. The molecule has 0 spiro atoms. The Bertz CT molecular complexity index is 1520. The second-order valence-corrected chi connectivity index (χ2v) is 8.93. The zero-order chi connectivity index (χ0) is 23.1. The highest BCUT2D eigenvalue weighted by Crippen LogP contribution is 2.39. The molecule has 1 N–H and O–H groups in total. The van der Waals surface area contributed by atoms with Crippen LogP contribution in [0.4, 0.5) is 10.6 Å². The van der Waals surface area contributed by atoms with Crippen molar-refractivity contribution in [1.29, 1.82) is 0 Å². The van der Waals surface area contributed by atoms with Crippen LogP contribution in [0.1, 0.15) is 35.6 Å². The highest BCUT2D eigenvalue weighted by atomic mass is 35.5. The number of nitrogens with zero attached hydrogens (tertiary/aromatic N) is 5. The van der Waals surface area contributed by atoms with Gasteiger partial charge in [0.2, 0.25) is 0 Å². The summed E-state index contributed by atoms with van der Waals surface area (Å²) in [6, 6.07) is 13.2. The number of imidazole rings is 2. The molecule has 9 heteroatoms. The average Bonchev–Trinajstić information content (AvgIpc) is 3.50. The molecule has 0 bridgehead atoms. The van der Waals surface area contributed by atoms with Crippen molar-refractivity contribution in [3.63, 3.8) is 0 Å². The molecule has 1 fully saturated rings. The molecule has 34 heavy (non-hydrogen) atoms. The Kier molecular flexibility index (Phi) is 5.15. The van der Waals surface area contributed by atoms with Gasteiger partial charge in [0.25, 0.3) is 0 Å². The quantitative estimate of drug-likeness (QED) is 0.357. The molecule has 6 rings (SSSR count). The molecule has 1 amide bonds. The topological polar surface area (TPSA) is 86.3 Å². The van der Waals surface area contributed by atoms with Crippen LogP contribution in [-0.4, -0.2) is 30.0 Å². The molecular weight excluding hydrogens is 452 g/mol. The third-order valence-electron chi connectivity index (χ3n) is 5.90. The molecule has 0 aliphatic heterocycles. The van der Waals surface area contributed by atoms with E-state index in [9.17, 15) is 4.79 Å². The SMILES string of the molecule is O=C(Nc1cc2c(cn1)ncn2Cc1cn2cc(C3CC3)ccc2n1)OCc1cccc(Cl)c1. The lowest BCUT2D eigenvalue weighted by Crippen LogP contribution is -2.14. The number of hydrogen-bond donors (Lipinski definition) is 1. The maximum Gasteiger partial charge on any atom is 0.413 e. The standard InChI is InChI=1S/C25H21ClN6O2/c26-19-3-1-2-16(8-19)14-34-25(33)30-23-9-22-21(10-27-23)28-15-32(22)13-20-12-31-11-18(17-4-5-17)6-7-24(31)29-20/h1-3,6-12,15,17H,4-5,13-14H2,(H,27,30,33). The Morgan fingerprint density at radius 2 is 2.06 bits per heavy atom. The van der Waals surface area contributed by atoms with Crippen LogP contribution in [0.5, 0.6) is 0 Å². The fourth-order valence-electron chi connectivity index (χ4n) is 4.04. The van der Waals surface area contributed by atoms with Gasteiger partial charge in [-0.2, -0.15) is 0 Å². The van der Waals surface area contributed by atoms with Crippen molar-refractivity contribution in [3.05, 3.63) is 89.2 Å². The van der Waals surface area contributed by atoms with E-state index in [4.69, 9.17) is 21.3 Å². The maximum atomic E-state index is 12.3. The summed E-state index contributed by atoms with van der Waals surface area (Å²) in [5, 5.41) is 3.27. The number of amides is 1. The van der Waals surface area contributed by atoms with Gasteiger partial charge in [-0.1, -0.05) is 29.8 Å². The maximum absolute atomic E-state index is 12.3. The zero-order valence-corrected chi connectivity index (χ0v) is 18.9. The van der Waals surface area contributed by atoms with Crippen molar-refractivity contribution in [3.8, 4) is 0 Å². The predicted molar refractivity (Wildman–Crippen MR) is 129 cm³/mol. The first-order valence-electron chi connectivity index (χ1n) is 11.1. The summed E-state index contributed by atoms with van der Waals surface area (Å²) in [6.45, 7) is 0.669. The van der Waals surface area contributed by atoms with Crippen LogP contribution in [0.3, 0.4) is 0 Å². The van der Waals surface area contributed by atoms with E-state index in [1.807, 2.05) is 16.7 Å². The summed E-state index contributed by atoms with van der Waals surface area (Å²) >= 11 is 5.97. The van der Waals surface area contributed by atoms with Crippen molar-refractivity contribution in [2.45, 2.75) is 31.9 Å². The number of pyridine rings is 2. The van der Waals surface area contributed by atoms with Gasteiger partial charge in [0.1, 0.15) is 23.6 Å². The van der Waals surface area contributed by atoms with Crippen LogP contribution in [0.25, 0.3) is 16.7 Å². The Morgan fingerprint density at radius 1 is 1.15 bits per heavy atom. The summed E-state index contributed by atoms with van der Waals surface area (Å²) in [5.41, 5.74) is 5.61. The third-order valence-corrected chi connectivity index (χ3v) is 6.14. The highest BCUT2D eigenvalue weighted by molar-refractivity contribution is 6.30. The van der Waals surface area contributed by atoms with E-state index in [0.717, 1.165) is 27.9 Å². The van der Waals surface area contributed by atoms with Gasteiger partial charge in [-0.25, -0.2) is 19.7 Å². The van der Waals surface area contributed by atoms with Gasteiger partial charge in [0.15, 0.2) is 0 Å². The number of ether oxygens (including phenoxy) is 1. The van der Waals surface area contributed by atoms with Gasteiger partial charge in [-0.3, -0.25) is 5.32 Å². The molecule has 0 unspecified atom stereocenters. The van der Waals surface area contributed by atoms with E-state index < -0.39 is 6.09 Å². The molecule has 0 radical (unpaired) electrons. The van der Waals surface area contributed by atoms with E-state index >= 15 is 0 Å². The number of halogens is 1. The molecule has 170 valence electrons. The Hall–Kier alpha value is -3.91. The summed E-state index contributed by atoms with van der Waals surface area (Å²) in [7, 11) is 0. The van der Waals surface area contributed by atoms with Crippen molar-refractivity contribution in [1.82, 2.24) is 23.9 Å². The summed E-state index contributed by atoms with van der Waals surface area (Å²) < 4.78 is 9.37. The zero-order valence-electron chi connectivity index (χ0n) is 18.2. The van der Waals surface area contributed by atoms with Crippen molar-refractivity contribution >= 4 is 40.2 Å². The first kappa shape index (κ1) is 20.7. The number of anilines is 1. The molecule has 4 aromatic heterocycles. The average molecular weight is 473 g/mol. The van der Waals surface area contributed by atoms with Gasteiger partial charge < -0.3 is 13.7 Å². The molecule has 5 aromatic rings. The first-order chi connectivity index (χ1) is 16.6. The number of hydrogen-bond acceptors (Lipinski definition) is 5. The molecule has 1 saturated carbocycles. The van der Waals surface area contributed by atoms with E-state index in [-0.39, 0.29) is 6.61 Å². The van der Waals surface area contributed by atoms with Crippen LogP contribution in [0, 0.1) is 0 Å². The van der Waals surface area contributed by atoms with Crippen LogP contribution in [-0.2, 0) is 17.9 Å². The summed E-state index contributed by atoms with van der Waals surface area (Å²) in [5.74, 6) is 1.08. The molecular formula is C25H21ClN6O2. The highest BCUT2D eigenvalue weighted by Gasteiger charge is 2.23. The summed E-state index contributed by atoms with van der Waals surface area (Å²) in [4.78, 5) is 25.7. The Morgan fingerprint density at radius 3 is 2.91 bits per heavy atom. The van der Waals surface area contributed by atoms with Gasteiger partial charge >= 0.3 is 6.09 Å². The molecule has 0 atom stereocenters. The minimum atomic E-state index is -0.593. The minimum Gasteiger partial charge on any atom is -0.444 e. The smallest absolute Gasteiger partial charge is 0.413 e. The second kappa shape index (κ2) is 8.46. The van der Waals surface area contributed by atoms with Crippen LogP contribution in [0.15, 0.2) is 67.4 Å².